The second-order valence-corrected chi connectivity index (χ2v) is 8.20. The van der Waals surface area contributed by atoms with E-state index >= 15 is 0 Å². The van der Waals surface area contributed by atoms with Crippen LogP contribution in [0.3, 0.4) is 0 Å². The number of aromatic nitrogens is 2. The van der Waals surface area contributed by atoms with Crippen LogP contribution in [0, 0.1) is 0 Å². The van der Waals surface area contributed by atoms with Gasteiger partial charge in [0.05, 0.1) is 25.9 Å². The van der Waals surface area contributed by atoms with Crippen molar-refractivity contribution in [2.45, 2.75) is 25.9 Å². The van der Waals surface area contributed by atoms with Gasteiger partial charge < -0.3 is 15.4 Å². The summed E-state index contributed by atoms with van der Waals surface area (Å²) >= 11 is 3.40. The van der Waals surface area contributed by atoms with Gasteiger partial charge in [-0.25, -0.2) is 4.98 Å². The molecule has 0 radical (unpaired) electrons. The summed E-state index contributed by atoms with van der Waals surface area (Å²) < 4.78 is 7.70. The van der Waals surface area contributed by atoms with E-state index in [-0.39, 0.29) is 23.8 Å². The average Bonchev–Trinajstić information content (AvgIpc) is 2.81. The van der Waals surface area contributed by atoms with Crippen LogP contribution in [-0.2, 0) is 6.54 Å². The van der Waals surface area contributed by atoms with Gasteiger partial charge in [0, 0.05) is 23.1 Å². The Morgan fingerprint density at radius 2 is 1.88 bits per heavy atom. The fourth-order valence-electron chi connectivity index (χ4n) is 3.65. The molecular formula is C24H27BrN4O3. The summed E-state index contributed by atoms with van der Waals surface area (Å²) in [6.07, 6.45) is 1.99. The van der Waals surface area contributed by atoms with Gasteiger partial charge in [0.25, 0.3) is 11.5 Å². The molecule has 168 valence electrons. The van der Waals surface area contributed by atoms with Crippen molar-refractivity contribution in [3.63, 3.8) is 0 Å². The average molecular weight is 499 g/mol. The molecule has 32 heavy (non-hydrogen) atoms. The first-order chi connectivity index (χ1) is 15.5. The van der Waals surface area contributed by atoms with Crippen molar-refractivity contribution in [1.82, 2.24) is 14.5 Å². The van der Waals surface area contributed by atoms with Gasteiger partial charge in [0.1, 0.15) is 5.82 Å². The number of rotatable bonds is 9. The minimum atomic E-state index is -0.433. The predicted octanol–water partition coefficient (Wildman–Crippen LogP) is 3.61. The second kappa shape index (κ2) is 11.1. The third-order valence-electron chi connectivity index (χ3n) is 5.23. The number of hydrogen-bond acceptors (Lipinski definition) is 5. The van der Waals surface area contributed by atoms with E-state index in [2.05, 4.69) is 20.9 Å². The molecule has 1 unspecified atom stereocenters. The summed E-state index contributed by atoms with van der Waals surface area (Å²) in [5.74, 6) is 0.497. The first-order valence-corrected chi connectivity index (χ1v) is 11.2. The first-order valence-electron chi connectivity index (χ1n) is 10.4. The highest BCUT2D eigenvalue weighted by atomic mass is 79.9. The molecule has 3 aromatic rings. The highest BCUT2D eigenvalue weighted by molar-refractivity contribution is 9.10. The number of nitrogens with zero attached hydrogens (tertiary/aromatic N) is 3. The number of amides is 1. The third-order valence-corrected chi connectivity index (χ3v) is 5.76. The molecule has 1 heterocycles. The Balaban J connectivity index is 2.08. The predicted molar refractivity (Wildman–Crippen MR) is 128 cm³/mol. The number of carbonyl (C=O) groups excluding carboxylic acids is 1. The molecule has 3 rings (SSSR count). The van der Waals surface area contributed by atoms with Gasteiger partial charge in [-0.15, -0.1) is 0 Å². The van der Waals surface area contributed by atoms with Crippen LogP contribution < -0.4 is 16.0 Å². The van der Waals surface area contributed by atoms with Crippen molar-refractivity contribution < 1.29 is 9.53 Å². The van der Waals surface area contributed by atoms with E-state index in [1.165, 1.54) is 13.3 Å². The molecule has 0 saturated carbocycles. The Hall–Kier alpha value is -2.97. The molecule has 1 amide bonds. The molecule has 8 heteroatoms. The number of halogens is 1. The van der Waals surface area contributed by atoms with Crippen LogP contribution in [0.15, 0.2) is 70.1 Å². The molecule has 0 aliphatic carbocycles. The van der Waals surface area contributed by atoms with Gasteiger partial charge in [-0.05, 0) is 36.2 Å². The smallest absolute Gasteiger partial charge is 0.296 e. The SMILES string of the molecule is CCC(c1ncc(OC)c(=O)n1Cc1ccccc1)N(CCN)C(=O)c1ccc(Br)cc1. The van der Waals surface area contributed by atoms with Gasteiger partial charge in [-0.2, -0.15) is 0 Å². The molecule has 2 aromatic carbocycles. The Kier molecular flexibility index (Phi) is 8.19. The lowest BCUT2D eigenvalue weighted by Crippen LogP contribution is -2.41. The van der Waals surface area contributed by atoms with E-state index in [1.807, 2.05) is 49.4 Å². The fraction of sp³-hybridized carbons (Fsp3) is 0.292. The molecule has 0 aliphatic rings. The van der Waals surface area contributed by atoms with E-state index < -0.39 is 6.04 Å². The number of hydrogen-bond donors (Lipinski definition) is 1. The molecule has 0 saturated heterocycles. The van der Waals surface area contributed by atoms with Crippen molar-refractivity contribution in [1.29, 1.82) is 0 Å². The van der Waals surface area contributed by atoms with Crippen LogP contribution in [0.1, 0.15) is 41.1 Å². The lowest BCUT2D eigenvalue weighted by atomic mass is 10.1. The van der Waals surface area contributed by atoms with Crippen molar-refractivity contribution in [3.05, 3.63) is 92.6 Å². The normalized spacial score (nSPS) is 11.8. The van der Waals surface area contributed by atoms with Crippen molar-refractivity contribution in [2.24, 2.45) is 5.73 Å². The van der Waals surface area contributed by atoms with E-state index in [9.17, 15) is 9.59 Å². The summed E-state index contributed by atoms with van der Waals surface area (Å²) in [6.45, 7) is 2.91. The molecule has 0 bridgehead atoms. The molecule has 0 spiro atoms. The Labute approximate surface area is 196 Å². The largest absolute Gasteiger partial charge is 0.490 e. The highest BCUT2D eigenvalue weighted by Gasteiger charge is 2.28. The molecule has 2 N–H and O–H groups in total. The third kappa shape index (κ3) is 5.26. The molecule has 0 fully saturated rings. The summed E-state index contributed by atoms with van der Waals surface area (Å²) in [7, 11) is 1.44. The van der Waals surface area contributed by atoms with Gasteiger partial charge >= 0.3 is 0 Å². The lowest BCUT2D eigenvalue weighted by molar-refractivity contribution is 0.0663. The molecule has 7 nitrogen and oxygen atoms in total. The zero-order chi connectivity index (χ0) is 23.1. The quantitative estimate of drug-likeness (QED) is 0.486. The minimum Gasteiger partial charge on any atom is -0.490 e. The summed E-state index contributed by atoms with van der Waals surface area (Å²) in [5.41, 5.74) is 7.07. The number of methoxy groups -OCH3 is 1. The maximum Gasteiger partial charge on any atom is 0.296 e. The summed E-state index contributed by atoms with van der Waals surface area (Å²) in [5, 5.41) is 0. The summed E-state index contributed by atoms with van der Waals surface area (Å²) in [6, 6.07) is 16.4. The monoisotopic (exact) mass is 498 g/mol. The highest BCUT2D eigenvalue weighted by Crippen LogP contribution is 2.25. The van der Waals surface area contributed by atoms with E-state index in [0.717, 1.165) is 10.0 Å². The molecule has 1 aromatic heterocycles. The molecule has 1 atom stereocenters. The number of carbonyl (C=O) groups is 1. The molecular weight excluding hydrogens is 472 g/mol. The maximum atomic E-state index is 13.4. The van der Waals surface area contributed by atoms with Crippen molar-refractivity contribution in [3.8, 4) is 5.75 Å². The van der Waals surface area contributed by atoms with Crippen molar-refractivity contribution in [2.75, 3.05) is 20.2 Å². The minimum absolute atomic E-state index is 0.157. The topological polar surface area (TPSA) is 90.4 Å². The Morgan fingerprint density at radius 3 is 2.47 bits per heavy atom. The Bertz CT molecular complexity index is 1100. The van der Waals surface area contributed by atoms with E-state index in [0.29, 0.717) is 30.9 Å². The second-order valence-electron chi connectivity index (χ2n) is 7.28. The number of nitrogens with two attached hydrogens (primary N) is 1. The van der Waals surface area contributed by atoms with E-state index in [4.69, 9.17) is 10.5 Å². The van der Waals surface area contributed by atoms with Gasteiger partial charge in [-0.3, -0.25) is 14.2 Å². The van der Waals surface area contributed by atoms with Crippen LogP contribution in [0.5, 0.6) is 5.75 Å². The zero-order valence-electron chi connectivity index (χ0n) is 18.2. The first kappa shape index (κ1) is 23.7. The summed E-state index contributed by atoms with van der Waals surface area (Å²) in [4.78, 5) is 32.8. The van der Waals surface area contributed by atoms with Crippen LogP contribution in [0.25, 0.3) is 0 Å². The van der Waals surface area contributed by atoms with Crippen LogP contribution >= 0.6 is 15.9 Å². The van der Waals surface area contributed by atoms with Gasteiger partial charge in [-0.1, -0.05) is 53.2 Å². The number of benzene rings is 2. The van der Waals surface area contributed by atoms with Crippen LogP contribution in [-0.4, -0.2) is 40.6 Å². The Morgan fingerprint density at radius 1 is 1.19 bits per heavy atom. The van der Waals surface area contributed by atoms with Crippen molar-refractivity contribution >= 4 is 21.8 Å². The fourth-order valence-corrected chi connectivity index (χ4v) is 3.91. The van der Waals surface area contributed by atoms with Gasteiger partial charge in [0.2, 0.25) is 5.75 Å². The number of ether oxygens (including phenoxy) is 1. The van der Waals surface area contributed by atoms with Gasteiger partial charge in [0.15, 0.2) is 0 Å². The molecule has 0 aliphatic heterocycles. The maximum absolute atomic E-state index is 13.4. The van der Waals surface area contributed by atoms with Crippen LogP contribution in [0.2, 0.25) is 0 Å². The van der Waals surface area contributed by atoms with E-state index in [1.54, 1.807) is 21.6 Å². The lowest BCUT2D eigenvalue weighted by Gasteiger charge is -2.32. The standard InChI is InChI=1S/C24H27BrN4O3/c1-3-20(28(14-13-26)23(30)18-9-11-19(25)12-10-18)22-27-15-21(32-2)24(31)29(22)16-17-7-5-4-6-8-17/h4-12,15,20H,3,13-14,16,26H2,1-2H3. The zero-order valence-corrected chi connectivity index (χ0v) is 19.8. The van der Waals surface area contributed by atoms with Crippen LogP contribution in [0.4, 0.5) is 0 Å².